The van der Waals surface area contributed by atoms with Gasteiger partial charge in [-0.25, -0.2) is 0 Å². The number of rotatable bonds is 4. The number of pyridine rings is 1. The van der Waals surface area contributed by atoms with Gasteiger partial charge < -0.3 is 10.1 Å². The van der Waals surface area contributed by atoms with Gasteiger partial charge in [-0.3, -0.25) is 9.78 Å². The fraction of sp³-hybridized carbons (Fsp3) is 0.538. The maximum absolute atomic E-state index is 11.7. The SMILES string of the molecule is O=C(Cc1cccnc1)NCC1CCCOC1. The van der Waals surface area contributed by atoms with Crippen molar-refractivity contribution < 1.29 is 9.53 Å². The molecule has 0 saturated carbocycles. The highest BCUT2D eigenvalue weighted by Crippen LogP contribution is 2.12. The fourth-order valence-electron chi connectivity index (χ4n) is 1.98. The molecule has 1 aliphatic heterocycles. The molecule has 2 rings (SSSR count). The van der Waals surface area contributed by atoms with Gasteiger partial charge in [0, 0.05) is 25.5 Å². The molecule has 1 unspecified atom stereocenters. The van der Waals surface area contributed by atoms with Gasteiger partial charge in [0.15, 0.2) is 0 Å². The maximum atomic E-state index is 11.7. The monoisotopic (exact) mass is 234 g/mol. The lowest BCUT2D eigenvalue weighted by molar-refractivity contribution is -0.120. The zero-order chi connectivity index (χ0) is 11.9. The van der Waals surface area contributed by atoms with Crippen molar-refractivity contribution in [2.24, 2.45) is 5.92 Å². The summed E-state index contributed by atoms with van der Waals surface area (Å²) in [5, 5.41) is 2.95. The van der Waals surface area contributed by atoms with Crippen LogP contribution in [-0.4, -0.2) is 30.6 Å². The topological polar surface area (TPSA) is 51.2 Å². The number of amides is 1. The first-order valence-corrected chi connectivity index (χ1v) is 6.08. The maximum Gasteiger partial charge on any atom is 0.224 e. The van der Waals surface area contributed by atoms with E-state index in [1.165, 1.54) is 0 Å². The van der Waals surface area contributed by atoms with Crippen molar-refractivity contribution in [1.82, 2.24) is 10.3 Å². The van der Waals surface area contributed by atoms with E-state index in [2.05, 4.69) is 10.3 Å². The molecular weight excluding hydrogens is 216 g/mol. The Kier molecular flexibility index (Phi) is 4.50. The predicted molar refractivity (Wildman–Crippen MR) is 64.5 cm³/mol. The van der Waals surface area contributed by atoms with Crippen molar-refractivity contribution in [2.75, 3.05) is 19.8 Å². The zero-order valence-electron chi connectivity index (χ0n) is 9.89. The molecule has 4 nitrogen and oxygen atoms in total. The first kappa shape index (κ1) is 12.0. The Hall–Kier alpha value is -1.42. The van der Waals surface area contributed by atoms with E-state index in [0.717, 1.165) is 38.2 Å². The Bertz CT molecular complexity index is 348. The number of hydrogen-bond donors (Lipinski definition) is 1. The molecule has 0 bridgehead atoms. The predicted octanol–water partition coefficient (Wildman–Crippen LogP) is 1.17. The number of nitrogens with one attached hydrogen (secondary N) is 1. The van der Waals surface area contributed by atoms with Crippen molar-refractivity contribution in [1.29, 1.82) is 0 Å². The van der Waals surface area contributed by atoms with Crippen molar-refractivity contribution in [2.45, 2.75) is 19.3 Å². The van der Waals surface area contributed by atoms with Crippen LogP contribution in [-0.2, 0) is 16.0 Å². The smallest absolute Gasteiger partial charge is 0.224 e. The van der Waals surface area contributed by atoms with Crippen LogP contribution in [0.15, 0.2) is 24.5 Å². The van der Waals surface area contributed by atoms with Crippen LogP contribution in [0.1, 0.15) is 18.4 Å². The molecule has 4 heteroatoms. The summed E-state index contributed by atoms with van der Waals surface area (Å²) in [6.45, 7) is 2.35. The Morgan fingerprint density at radius 3 is 3.24 bits per heavy atom. The molecular formula is C13H18N2O2. The van der Waals surface area contributed by atoms with Crippen LogP contribution in [0.2, 0.25) is 0 Å². The molecule has 1 amide bonds. The second-order valence-corrected chi connectivity index (χ2v) is 4.43. The summed E-state index contributed by atoms with van der Waals surface area (Å²) in [7, 11) is 0. The molecule has 1 fully saturated rings. The number of hydrogen-bond acceptors (Lipinski definition) is 3. The third kappa shape index (κ3) is 4.15. The number of aromatic nitrogens is 1. The lowest BCUT2D eigenvalue weighted by atomic mass is 10.0. The molecule has 17 heavy (non-hydrogen) atoms. The number of ether oxygens (including phenoxy) is 1. The number of carbonyl (C=O) groups is 1. The Balaban J connectivity index is 1.70. The molecule has 1 aromatic rings. The molecule has 0 aliphatic carbocycles. The molecule has 2 heterocycles. The molecule has 1 atom stereocenters. The van der Waals surface area contributed by atoms with Crippen LogP contribution in [0.5, 0.6) is 0 Å². The third-order valence-electron chi connectivity index (χ3n) is 2.93. The first-order chi connectivity index (χ1) is 8.34. The summed E-state index contributed by atoms with van der Waals surface area (Å²) in [6.07, 6.45) is 6.09. The number of carbonyl (C=O) groups excluding carboxylic acids is 1. The molecule has 0 radical (unpaired) electrons. The molecule has 92 valence electrons. The van der Waals surface area contributed by atoms with Crippen LogP contribution in [0.3, 0.4) is 0 Å². The zero-order valence-corrected chi connectivity index (χ0v) is 9.89. The highest BCUT2D eigenvalue weighted by Gasteiger charge is 2.14. The Morgan fingerprint density at radius 1 is 1.59 bits per heavy atom. The van der Waals surface area contributed by atoms with Crippen LogP contribution < -0.4 is 5.32 Å². The highest BCUT2D eigenvalue weighted by molar-refractivity contribution is 5.78. The second-order valence-electron chi connectivity index (χ2n) is 4.43. The Morgan fingerprint density at radius 2 is 2.53 bits per heavy atom. The van der Waals surface area contributed by atoms with Gasteiger partial charge in [0.25, 0.3) is 0 Å². The van der Waals surface area contributed by atoms with E-state index in [4.69, 9.17) is 4.74 Å². The summed E-state index contributed by atoms with van der Waals surface area (Å²) < 4.78 is 5.37. The van der Waals surface area contributed by atoms with E-state index < -0.39 is 0 Å². The molecule has 0 aromatic carbocycles. The largest absolute Gasteiger partial charge is 0.381 e. The standard InChI is InChI=1S/C13H18N2O2/c16-13(7-11-3-1-5-14-8-11)15-9-12-4-2-6-17-10-12/h1,3,5,8,12H,2,4,6-7,9-10H2,(H,15,16). The molecule has 1 aromatic heterocycles. The van der Waals surface area contributed by atoms with Gasteiger partial charge in [-0.1, -0.05) is 6.07 Å². The summed E-state index contributed by atoms with van der Waals surface area (Å²) in [6, 6.07) is 3.76. The minimum absolute atomic E-state index is 0.0589. The van der Waals surface area contributed by atoms with Gasteiger partial charge in [0.2, 0.25) is 5.91 Å². The van der Waals surface area contributed by atoms with Crippen molar-refractivity contribution in [3.63, 3.8) is 0 Å². The van der Waals surface area contributed by atoms with Gasteiger partial charge >= 0.3 is 0 Å². The molecule has 1 saturated heterocycles. The van der Waals surface area contributed by atoms with Gasteiger partial charge in [-0.15, -0.1) is 0 Å². The number of nitrogens with zero attached hydrogens (tertiary/aromatic N) is 1. The Labute approximate surface area is 101 Å². The van der Waals surface area contributed by atoms with Crippen LogP contribution in [0.25, 0.3) is 0 Å². The fourth-order valence-corrected chi connectivity index (χ4v) is 1.98. The lowest BCUT2D eigenvalue weighted by Crippen LogP contribution is -2.34. The van der Waals surface area contributed by atoms with Crippen LogP contribution >= 0.6 is 0 Å². The van der Waals surface area contributed by atoms with Gasteiger partial charge in [0.05, 0.1) is 13.0 Å². The van der Waals surface area contributed by atoms with E-state index in [1.807, 2.05) is 12.1 Å². The second kappa shape index (κ2) is 6.35. The van der Waals surface area contributed by atoms with E-state index in [-0.39, 0.29) is 5.91 Å². The third-order valence-corrected chi connectivity index (χ3v) is 2.93. The first-order valence-electron chi connectivity index (χ1n) is 6.08. The lowest BCUT2D eigenvalue weighted by Gasteiger charge is -2.22. The average Bonchev–Trinajstić information content (AvgIpc) is 2.39. The molecule has 1 N–H and O–H groups in total. The van der Waals surface area contributed by atoms with E-state index in [0.29, 0.717) is 12.3 Å². The average molecular weight is 234 g/mol. The highest BCUT2D eigenvalue weighted by atomic mass is 16.5. The van der Waals surface area contributed by atoms with E-state index in [9.17, 15) is 4.79 Å². The summed E-state index contributed by atoms with van der Waals surface area (Å²) in [4.78, 5) is 15.7. The van der Waals surface area contributed by atoms with Gasteiger partial charge in [-0.2, -0.15) is 0 Å². The van der Waals surface area contributed by atoms with Crippen LogP contribution in [0.4, 0.5) is 0 Å². The minimum Gasteiger partial charge on any atom is -0.381 e. The van der Waals surface area contributed by atoms with Gasteiger partial charge in [0.1, 0.15) is 0 Å². The summed E-state index contributed by atoms with van der Waals surface area (Å²) in [5.41, 5.74) is 0.949. The van der Waals surface area contributed by atoms with E-state index >= 15 is 0 Å². The minimum atomic E-state index is 0.0589. The van der Waals surface area contributed by atoms with Gasteiger partial charge in [-0.05, 0) is 30.4 Å². The van der Waals surface area contributed by atoms with Crippen molar-refractivity contribution in [3.8, 4) is 0 Å². The summed E-state index contributed by atoms with van der Waals surface area (Å²) in [5.74, 6) is 0.533. The normalized spacial score (nSPS) is 19.9. The van der Waals surface area contributed by atoms with Crippen molar-refractivity contribution in [3.05, 3.63) is 30.1 Å². The molecule has 0 spiro atoms. The quantitative estimate of drug-likeness (QED) is 0.850. The van der Waals surface area contributed by atoms with Crippen molar-refractivity contribution >= 4 is 5.91 Å². The molecule has 1 aliphatic rings. The van der Waals surface area contributed by atoms with Crippen LogP contribution in [0, 0.1) is 5.92 Å². The summed E-state index contributed by atoms with van der Waals surface area (Å²) >= 11 is 0. The van der Waals surface area contributed by atoms with E-state index in [1.54, 1.807) is 12.4 Å².